The van der Waals surface area contributed by atoms with Crippen LogP contribution in [-0.4, -0.2) is 11.2 Å². The summed E-state index contributed by atoms with van der Waals surface area (Å²) in [5, 5.41) is 4.54. The fourth-order valence-corrected chi connectivity index (χ4v) is 3.21. The van der Waals surface area contributed by atoms with Gasteiger partial charge in [0, 0.05) is 10.7 Å². The van der Waals surface area contributed by atoms with E-state index in [9.17, 15) is 13.2 Å². The number of anilines is 1. The number of ether oxygens (including phenoxy) is 1. The smallest absolute Gasteiger partial charge is 0.417 e. The second-order valence-corrected chi connectivity index (χ2v) is 7.76. The van der Waals surface area contributed by atoms with Crippen molar-refractivity contribution in [2.75, 3.05) is 5.43 Å². The maximum atomic E-state index is 12.5. The van der Waals surface area contributed by atoms with Crippen molar-refractivity contribution in [1.29, 1.82) is 0 Å². The third-order valence-corrected chi connectivity index (χ3v) is 4.89. The molecule has 0 saturated carbocycles. The zero-order valence-electron chi connectivity index (χ0n) is 15.1. The molecule has 0 atom stereocenters. The van der Waals surface area contributed by atoms with Gasteiger partial charge in [-0.3, -0.25) is 5.43 Å². The molecule has 10 heteroatoms. The fourth-order valence-electron chi connectivity index (χ4n) is 2.33. The second-order valence-electron chi connectivity index (χ2n) is 6.03. The van der Waals surface area contributed by atoms with Crippen molar-refractivity contribution in [3.63, 3.8) is 0 Å². The molecule has 0 fully saturated rings. The molecule has 3 aromatic rings. The van der Waals surface area contributed by atoms with Crippen LogP contribution in [0.25, 0.3) is 0 Å². The molecule has 0 amide bonds. The van der Waals surface area contributed by atoms with Crippen LogP contribution >= 0.6 is 39.1 Å². The van der Waals surface area contributed by atoms with Crippen molar-refractivity contribution in [1.82, 2.24) is 4.98 Å². The average Bonchev–Trinajstić information content (AvgIpc) is 2.68. The third kappa shape index (κ3) is 6.10. The van der Waals surface area contributed by atoms with Gasteiger partial charge in [-0.05, 0) is 47.5 Å². The molecule has 0 bridgehead atoms. The summed E-state index contributed by atoms with van der Waals surface area (Å²) in [5.41, 5.74) is 3.23. The zero-order chi connectivity index (χ0) is 21.7. The molecule has 0 unspecified atom stereocenters. The fraction of sp³-hybridized carbons (Fsp3) is 0.100. The van der Waals surface area contributed by atoms with Crippen LogP contribution < -0.4 is 10.2 Å². The number of hydrazone groups is 1. The lowest BCUT2D eigenvalue weighted by Gasteiger charge is -2.11. The van der Waals surface area contributed by atoms with E-state index in [4.69, 9.17) is 27.9 Å². The molecule has 3 rings (SSSR count). The van der Waals surface area contributed by atoms with Gasteiger partial charge in [0.2, 0.25) is 0 Å². The van der Waals surface area contributed by atoms with Gasteiger partial charge in [-0.1, -0.05) is 51.3 Å². The molecule has 1 heterocycles. The molecule has 30 heavy (non-hydrogen) atoms. The van der Waals surface area contributed by atoms with Crippen LogP contribution in [0.3, 0.4) is 0 Å². The number of rotatable bonds is 6. The van der Waals surface area contributed by atoms with Crippen molar-refractivity contribution in [2.24, 2.45) is 5.10 Å². The third-order valence-electron chi connectivity index (χ3n) is 3.80. The predicted octanol–water partition coefficient (Wildman–Crippen LogP) is 7.19. The van der Waals surface area contributed by atoms with Gasteiger partial charge in [-0.15, -0.1) is 0 Å². The Morgan fingerprint density at radius 3 is 2.30 bits per heavy atom. The summed E-state index contributed by atoms with van der Waals surface area (Å²) in [6, 6.07) is 12.9. The molecule has 0 spiro atoms. The number of nitrogens with one attached hydrogen (secondary N) is 1. The maximum absolute atomic E-state index is 12.5. The monoisotopic (exact) mass is 517 g/mol. The highest BCUT2D eigenvalue weighted by atomic mass is 79.9. The first-order valence-electron chi connectivity index (χ1n) is 8.41. The zero-order valence-corrected chi connectivity index (χ0v) is 18.1. The molecule has 0 aliphatic rings. The molecule has 156 valence electrons. The quantitative estimate of drug-likeness (QED) is 0.277. The first kappa shape index (κ1) is 22.4. The van der Waals surface area contributed by atoms with Gasteiger partial charge in [0.25, 0.3) is 0 Å². The van der Waals surface area contributed by atoms with E-state index >= 15 is 0 Å². The second kappa shape index (κ2) is 9.68. The lowest BCUT2D eigenvalue weighted by molar-refractivity contribution is -0.137. The molecule has 0 aliphatic carbocycles. The summed E-state index contributed by atoms with van der Waals surface area (Å²) in [5.74, 6) is 0.502. The standard InChI is InChI=1S/C20H13BrCl2F3N3O/c21-15-4-1-12(2-5-15)11-30-19-16(22)7-13(8-17(19)23)9-28-29-18-6-3-14(10-27-18)20(24,25)26/h1-10H,11H2,(H,27,29)/b28-9-. The number of benzene rings is 2. The van der Waals surface area contributed by atoms with Crippen molar-refractivity contribution in [3.05, 3.63) is 85.9 Å². The summed E-state index contributed by atoms with van der Waals surface area (Å²) in [4.78, 5) is 3.66. The minimum absolute atomic E-state index is 0.158. The average molecular weight is 519 g/mol. The summed E-state index contributed by atoms with van der Waals surface area (Å²) in [6.45, 7) is 0.293. The number of hydrogen-bond acceptors (Lipinski definition) is 4. The van der Waals surface area contributed by atoms with Crippen LogP contribution in [0, 0.1) is 0 Å². The van der Waals surface area contributed by atoms with Gasteiger partial charge in [0.1, 0.15) is 12.4 Å². The summed E-state index contributed by atoms with van der Waals surface area (Å²) in [6.07, 6.45) is -2.30. The Hall–Kier alpha value is -2.29. The van der Waals surface area contributed by atoms with Gasteiger partial charge in [0.05, 0.1) is 21.8 Å². The lowest BCUT2D eigenvalue weighted by Crippen LogP contribution is -2.05. The van der Waals surface area contributed by atoms with Crippen molar-refractivity contribution < 1.29 is 17.9 Å². The Balaban J connectivity index is 1.63. The van der Waals surface area contributed by atoms with Crippen molar-refractivity contribution >= 4 is 51.2 Å². The van der Waals surface area contributed by atoms with Crippen LogP contribution in [0.5, 0.6) is 5.75 Å². The molecule has 0 saturated heterocycles. The van der Waals surface area contributed by atoms with E-state index in [0.29, 0.717) is 28.0 Å². The highest BCUT2D eigenvalue weighted by Gasteiger charge is 2.30. The van der Waals surface area contributed by atoms with Crippen LogP contribution in [0.15, 0.2) is 64.3 Å². The summed E-state index contributed by atoms with van der Waals surface area (Å²) >= 11 is 15.9. The van der Waals surface area contributed by atoms with Crippen molar-refractivity contribution in [3.8, 4) is 5.75 Å². The first-order chi connectivity index (χ1) is 14.2. The Labute approximate surface area is 188 Å². The maximum Gasteiger partial charge on any atom is 0.417 e. The molecular weight excluding hydrogens is 506 g/mol. The number of halogens is 6. The SMILES string of the molecule is FC(F)(F)c1ccc(N/N=C\c2cc(Cl)c(OCc3ccc(Br)cc3)c(Cl)c2)nc1. The molecular formula is C20H13BrCl2F3N3O. The van der Waals surface area contributed by atoms with E-state index < -0.39 is 11.7 Å². The van der Waals surface area contributed by atoms with E-state index in [2.05, 4.69) is 31.4 Å². The van der Waals surface area contributed by atoms with E-state index in [1.807, 2.05) is 24.3 Å². The first-order valence-corrected chi connectivity index (χ1v) is 9.96. The van der Waals surface area contributed by atoms with E-state index in [1.165, 1.54) is 12.3 Å². The number of alkyl halides is 3. The van der Waals surface area contributed by atoms with Gasteiger partial charge in [-0.25, -0.2) is 4.98 Å². The molecule has 4 nitrogen and oxygen atoms in total. The Bertz CT molecular complexity index is 1020. The van der Waals surface area contributed by atoms with Crippen LogP contribution in [-0.2, 0) is 12.8 Å². The molecule has 0 radical (unpaired) electrons. The Morgan fingerprint density at radius 2 is 1.73 bits per heavy atom. The largest absolute Gasteiger partial charge is 0.486 e. The van der Waals surface area contributed by atoms with E-state index in [-0.39, 0.29) is 5.82 Å². The van der Waals surface area contributed by atoms with Crippen LogP contribution in [0.2, 0.25) is 10.0 Å². The lowest BCUT2D eigenvalue weighted by atomic mass is 10.2. The van der Waals surface area contributed by atoms with Gasteiger partial charge >= 0.3 is 6.18 Å². The normalized spacial score (nSPS) is 11.7. The number of hydrogen-bond donors (Lipinski definition) is 1. The highest BCUT2D eigenvalue weighted by Crippen LogP contribution is 2.34. The van der Waals surface area contributed by atoms with Crippen LogP contribution in [0.4, 0.5) is 19.0 Å². The van der Waals surface area contributed by atoms with Gasteiger partial charge in [-0.2, -0.15) is 18.3 Å². The molecule has 0 aliphatic heterocycles. The minimum atomic E-state index is -4.44. The van der Waals surface area contributed by atoms with Gasteiger partial charge in [0.15, 0.2) is 5.75 Å². The minimum Gasteiger partial charge on any atom is -0.486 e. The predicted molar refractivity (Wildman–Crippen MR) is 115 cm³/mol. The molecule has 2 aromatic carbocycles. The van der Waals surface area contributed by atoms with Gasteiger partial charge < -0.3 is 4.74 Å². The topological polar surface area (TPSA) is 46.5 Å². The molecule has 1 aromatic heterocycles. The number of aromatic nitrogens is 1. The molecule has 1 N–H and O–H groups in total. The van der Waals surface area contributed by atoms with E-state index in [0.717, 1.165) is 22.3 Å². The number of pyridine rings is 1. The summed E-state index contributed by atoms with van der Waals surface area (Å²) in [7, 11) is 0. The Kier molecular flexibility index (Phi) is 7.23. The highest BCUT2D eigenvalue weighted by molar-refractivity contribution is 9.10. The van der Waals surface area contributed by atoms with Crippen LogP contribution in [0.1, 0.15) is 16.7 Å². The Morgan fingerprint density at radius 1 is 1.07 bits per heavy atom. The number of nitrogens with zero attached hydrogens (tertiary/aromatic N) is 2. The summed E-state index contributed by atoms with van der Waals surface area (Å²) < 4.78 is 44.3. The van der Waals surface area contributed by atoms with E-state index in [1.54, 1.807) is 12.1 Å². The van der Waals surface area contributed by atoms with Crippen molar-refractivity contribution in [2.45, 2.75) is 12.8 Å².